The Labute approximate surface area is 130 Å². The standard InChI is InChI=1S/C15H14FN3O4/c1-8(2)18-15(21)14(19(22)23)12(9(3)20)13(17-18)10-5-4-6-11(16)7-10/h4-8H,1-3H3. The van der Waals surface area contributed by atoms with Gasteiger partial charge in [0.05, 0.1) is 11.0 Å². The number of halogens is 1. The van der Waals surface area contributed by atoms with Crippen LogP contribution in [0.3, 0.4) is 0 Å². The molecule has 0 unspecified atom stereocenters. The van der Waals surface area contributed by atoms with Crippen molar-refractivity contribution in [3.63, 3.8) is 0 Å². The van der Waals surface area contributed by atoms with Crippen molar-refractivity contribution in [2.75, 3.05) is 0 Å². The summed E-state index contributed by atoms with van der Waals surface area (Å²) in [5, 5.41) is 15.4. The van der Waals surface area contributed by atoms with Crippen LogP contribution >= 0.6 is 0 Å². The Bertz CT molecular complexity index is 858. The Morgan fingerprint density at radius 3 is 2.52 bits per heavy atom. The Hall–Kier alpha value is -2.90. The maximum atomic E-state index is 13.5. The normalized spacial score (nSPS) is 10.8. The van der Waals surface area contributed by atoms with Gasteiger partial charge in [-0.3, -0.25) is 19.7 Å². The van der Waals surface area contributed by atoms with Crippen LogP contribution in [-0.2, 0) is 0 Å². The zero-order chi connectivity index (χ0) is 17.3. The lowest BCUT2D eigenvalue weighted by molar-refractivity contribution is -0.386. The van der Waals surface area contributed by atoms with Crippen molar-refractivity contribution in [2.24, 2.45) is 0 Å². The van der Waals surface area contributed by atoms with Gasteiger partial charge in [0, 0.05) is 5.56 Å². The zero-order valence-corrected chi connectivity index (χ0v) is 12.7. The molecule has 7 nitrogen and oxygen atoms in total. The number of rotatable bonds is 4. The number of ketones is 1. The first-order chi connectivity index (χ1) is 10.7. The number of benzene rings is 1. The first kappa shape index (κ1) is 16.5. The molecule has 8 heteroatoms. The molecule has 0 N–H and O–H groups in total. The van der Waals surface area contributed by atoms with Crippen LogP contribution in [-0.4, -0.2) is 20.5 Å². The largest absolute Gasteiger partial charge is 0.348 e. The smallest absolute Gasteiger partial charge is 0.294 e. The van der Waals surface area contributed by atoms with Crippen LogP contribution in [0.25, 0.3) is 11.3 Å². The van der Waals surface area contributed by atoms with Crippen LogP contribution in [0.2, 0.25) is 0 Å². The summed E-state index contributed by atoms with van der Waals surface area (Å²) in [6, 6.07) is 4.70. The van der Waals surface area contributed by atoms with Gasteiger partial charge in [0.2, 0.25) is 0 Å². The van der Waals surface area contributed by atoms with Crippen molar-refractivity contribution < 1.29 is 14.1 Å². The maximum Gasteiger partial charge on any atom is 0.348 e. The minimum absolute atomic E-state index is 0.0861. The number of aromatic nitrogens is 2. The minimum Gasteiger partial charge on any atom is -0.294 e. The summed E-state index contributed by atoms with van der Waals surface area (Å²) >= 11 is 0. The van der Waals surface area contributed by atoms with E-state index in [9.17, 15) is 24.1 Å². The van der Waals surface area contributed by atoms with Crippen molar-refractivity contribution >= 4 is 11.5 Å². The van der Waals surface area contributed by atoms with Gasteiger partial charge in [-0.1, -0.05) is 12.1 Å². The van der Waals surface area contributed by atoms with Crippen LogP contribution < -0.4 is 5.56 Å². The van der Waals surface area contributed by atoms with Crippen LogP contribution in [0.1, 0.15) is 37.2 Å². The molecule has 23 heavy (non-hydrogen) atoms. The van der Waals surface area contributed by atoms with Gasteiger partial charge in [-0.15, -0.1) is 0 Å². The first-order valence-electron chi connectivity index (χ1n) is 6.82. The van der Waals surface area contributed by atoms with Crippen molar-refractivity contribution in [3.8, 4) is 11.3 Å². The van der Waals surface area contributed by atoms with E-state index in [4.69, 9.17) is 0 Å². The third-order valence-corrected chi connectivity index (χ3v) is 3.21. The topological polar surface area (TPSA) is 95.1 Å². The van der Waals surface area contributed by atoms with Crippen LogP contribution in [0, 0.1) is 15.9 Å². The number of hydrogen-bond acceptors (Lipinski definition) is 5. The first-order valence-corrected chi connectivity index (χ1v) is 6.82. The van der Waals surface area contributed by atoms with Crippen molar-refractivity contribution in [1.82, 2.24) is 9.78 Å². The third kappa shape index (κ3) is 3.01. The minimum atomic E-state index is -0.963. The lowest BCUT2D eigenvalue weighted by Crippen LogP contribution is -2.29. The zero-order valence-electron chi connectivity index (χ0n) is 12.7. The second kappa shape index (κ2) is 6.07. The molecule has 2 rings (SSSR count). The molecule has 2 aromatic rings. The summed E-state index contributed by atoms with van der Waals surface area (Å²) in [6.45, 7) is 4.35. The van der Waals surface area contributed by atoms with E-state index >= 15 is 0 Å². The molecule has 0 fully saturated rings. The molecule has 0 aliphatic heterocycles. The number of carbonyl (C=O) groups is 1. The van der Waals surface area contributed by atoms with Crippen molar-refractivity contribution in [1.29, 1.82) is 0 Å². The van der Waals surface area contributed by atoms with Gasteiger partial charge in [-0.25, -0.2) is 9.07 Å². The second-order valence-corrected chi connectivity index (χ2v) is 5.24. The highest BCUT2D eigenvalue weighted by molar-refractivity contribution is 6.03. The van der Waals surface area contributed by atoms with E-state index in [0.29, 0.717) is 0 Å². The molecule has 1 heterocycles. The molecule has 120 valence electrons. The summed E-state index contributed by atoms with van der Waals surface area (Å²) in [7, 11) is 0. The molecule has 0 saturated heterocycles. The van der Waals surface area contributed by atoms with E-state index in [-0.39, 0.29) is 11.3 Å². The van der Waals surface area contributed by atoms with Crippen LogP contribution in [0.4, 0.5) is 10.1 Å². The molecule has 0 radical (unpaired) electrons. The van der Waals surface area contributed by atoms with E-state index in [1.165, 1.54) is 18.2 Å². The Morgan fingerprint density at radius 2 is 2.04 bits per heavy atom. The summed E-state index contributed by atoms with van der Waals surface area (Å²) < 4.78 is 14.4. The van der Waals surface area contributed by atoms with E-state index in [2.05, 4.69) is 5.10 Å². The predicted molar refractivity (Wildman–Crippen MR) is 80.9 cm³/mol. The molecule has 0 bridgehead atoms. The quantitative estimate of drug-likeness (QED) is 0.490. The maximum absolute atomic E-state index is 13.5. The second-order valence-electron chi connectivity index (χ2n) is 5.24. The number of carbonyl (C=O) groups excluding carboxylic acids is 1. The van der Waals surface area contributed by atoms with Gasteiger partial charge in [0.25, 0.3) is 0 Å². The molecular weight excluding hydrogens is 305 g/mol. The fraction of sp³-hybridized carbons (Fsp3) is 0.267. The molecule has 0 atom stereocenters. The molecule has 0 spiro atoms. The third-order valence-electron chi connectivity index (χ3n) is 3.21. The van der Waals surface area contributed by atoms with Gasteiger partial charge in [0.1, 0.15) is 17.1 Å². The lowest BCUT2D eigenvalue weighted by Gasteiger charge is -2.13. The fourth-order valence-electron chi connectivity index (χ4n) is 2.22. The fourth-order valence-corrected chi connectivity index (χ4v) is 2.22. The summed E-state index contributed by atoms with van der Waals surface area (Å²) in [5.74, 6) is -1.26. The van der Waals surface area contributed by atoms with E-state index in [1.807, 2.05) is 0 Å². The number of nitro groups is 1. The molecule has 1 aromatic heterocycles. The molecule has 0 saturated carbocycles. The van der Waals surface area contributed by atoms with Gasteiger partial charge < -0.3 is 0 Å². The Morgan fingerprint density at radius 1 is 1.39 bits per heavy atom. The van der Waals surface area contributed by atoms with Crippen molar-refractivity contribution in [3.05, 3.63) is 56.1 Å². The highest BCUT2D eigenvalue weighted by Crippen LogP contribution is 2.27. The lowest BCUT2D eigenvalue weighted by atomic mass is 10.0. The summed E-state index contributed by atoms with van der Waals surface area (Å²) in [6.07, 6.45) is 0. The number of Topliss-reactive ketones (excluding diaryl/α,β-unsaturated/α-hetero) is 1. The van der Waals surface area contributed by atoms with Gasteiger partial charge >= 0.3 is 11.2 Å². The highest BCUT2D eigenvalue weighted by Gasteiger charge is 2.30. The van der Waals surface area contributed by atoms with E-state index < -0.39 is 39.4 Å². The average molecular weight is 319 g/mol. The van der Waals surface area contributed by atoms with Crippen LogP contribution in [0.5, 0.6) is 0 Å². The summed E-state index contributed by atoms with van der Waals surface area (Å²) in [5.41, 5.74) is -2.12. The van der Waals surface area contributed by atoms with Gasteiger partial charge in [-0.2, -0.15) is 5.10 Å². The van der Waals surface area contributed by atoms with Crippen LogP contribution in [0.15, 0.2) is 29.1 Å². The molecule has 0 amide bonds. The monoisotopic (exact) mass is 319 g/mol. The number of hydrogen-bond donors (Lipinski definition) is 0. The number of nitrogens with zero attached hydrogens (tertiary/aromatic N) is 3. The SMILES string of the molecule is CC(=O)c1c(-c2cccc(F)c2)nn(C(C)C)c(=O)c1[N+](=O)[O-]. The van der Waals surface area contributed by atoms with E-state index in [1.54, 1.807) is 13.8 Å². The molecule has 0 aliphatic carbocycles. The Balaban J connectivity index is 2.98. The molecular formula is C15H14FN3O4. The molecule has 0 aliphatic rings. The Kier molecular flexibility index (Phi) is 4.35. The van der Waals surface area contributed by atoms with E-state index in [0.717, 1.165) is 17.7 Å². The summed E-state index contributed by atoms with van der Waals surface area (Å²) in [4.78, 5) is 34.6. The predicted octanol–water partition coefficient (Wildman–Crippen LogP) is 2.74. The highest BCUT2D eigenvalue weighted by atomic mass is 19.1. The van der Waals surface area contributed by atoms with Gasteiger partial charge in [0.15, 0.2) is 5.78 Å². The van der Waals surface area contributed by atoms with Crippen molar-refractivity contribution in [2.45, 2.75) is 26.8 Å². The molecule has 1 aromatic carbocycles. The average Bonchev–Trinajstić information content (AvgIpc) is 2.45. The van der Waals surface area contributed by atoms with Gasteiger partial charge in [-0.05, 0) is 32.9 Å².